The topological polar surface area (TPSA) is 3.24 Å². The van der Waals surface area contributed by atoms with Gasteiger partial charge < -0.3 is 4.90 Å². The van der Waals surface area contributed by atoms with Crippen molar-refractivity contribution in [3.8, 4) is 0 Å². The largest absolute Gasteiger partial charge is 0.306 e. The van der Waals surface area contributed by atoms with Gasteiger partial charge in [0.15, 0.2) is 0 Å². The summed E-state index contributed by atoms with van der Waals surface area (Å²) in [6.45, 7) is 12.9. The Morgan fingerprint density at radius 2 is 1.50 bits per heavy atom. The van der Waals surface area contributed by atoms with Crippen LogP contribution in [0.15, 0.2) is 0 Å². The van der Waals surface area contributed by atoms with Gasteiger partial charge in [0.1, 0.15) is 0 Å². The van der Waals surface area contributed by atoms with E-state index >= 15 is 0 Å². The highest BCUT2D eigenvalue weighted by atomic mass is 15.1. The molecule has 1 nitrogen and oxygen atoms in total. The Morgan fingerprint density at radius 1 is 0.800 bits per heavy atom. The van der Waals surface area contributed by atoms with Gasteiger partial charge in [-0.2, -0.15) is 0 Å². The molecule has 0 radical (unpaired) electrons. The molecule has 9 atom stereocenters. The summed E-state index contributed by atoms with van der Waals surface area (Å²) in [5.41, 5.74) is 1.27. The molecule has 174 valence electrons. The first kappa shape index (κ1) is 23.1. The van der Waals surface area contributed by atoms with Crippen molar-refractivity contribution in [2.75, 3.05) is 14.1 Å². The Balaban J connectivity index is 1.48. The van der Waals surface area contributed by atoms with Crippen molar-refractivity contribution in [1.82, 2.24) is 4.90 Å². The second-order valence-electron chi connectivity index (χ2n) is 13.6. The summed E-state index contributed by atoms with van der Waals surface area (Å²) in [6.07, 6.45) is 18.0. The summed E-state index contributed by atoms with van der Waals surface area (Å²) >= 11 is 0. The summed E-state index contributed by atoms with van der Waals surface area (Å²) in [5, 5.41) is 0. The Morgan fingerprint density at radius 3 is 2.20 bits per heavy atom. The number of nitrogens with zero attached hydrogens (tertiary/aromatic N) is 1. The van der Waals surface area contributed by atoms with Crippen LogP contribution < -0.4 is 0 Å². The van der Waals surface area contributed by atoms with Gasteiger partial charge in [0.2, 0.25) is 0 Å². The van der Waals surface area contributed by atoms with E-state index in [0.29, 0.717) is 10.8 Å². The van der Waals surface area contributed by atoms with E-state index in [2.05, 4.69) is 53.6 Å². The molecule has 4 saturated carbocycles. The molecule has 30 heavy (non-hydrogen) atoms. The van der Waals surface area contributed by atoms with Crippen molar-refractivity contribution in [1.29, 1.82) is 0 Å². The highest BCUT2D eigenvalue weighted by Gasteiger charge is 2.60. The van der Waals surface area contributed by atoms with E-state index in [4.69, 9.17) is 0 Å². The third-order valence-electron chi connectivity index (χ3n) is 11.5. The average Bonchev–Trinajstić information content (AvgIpc) is 3.04. The van der Waals surface area contributed by atoms with Crippen molar-refractivity contribution < 1.29 is 0 Å². The summed E-state index contributed by atoms with van der Waals surface area (Å²) in [6, 6.07) is 0.829. The molecule has 4 rings (SSSR count). The molecular formula is C29H53N. The van der Waals surface area contributed by atoms with Crippen LogP contribution in [0.4, 0.5) is 0 Å². The van der Waals surface area contributed by atoms with Crippen LogP contribution in [-0.2, 0) is 0 Å². The van der Waals surface area contributed by atoms with Gasteiger partial charge in [-0.25, -0.2) is 0 Å². The molecule has 4 fully saturated rings. The smallest absolute Gasteiger partial charge is 0.00946 e. The molecule has 0 saturated heterocycles. The first-order chi connectivity index (χ1) is 14.2. The van der Waals surface area contributed by atoms with Crippen molar-refractivity contribution in [2.24, 2.45) is 52.3 Å². The van der Waals surface area contributed by atoms with Gasteiger partial charge in [-0.15, -0.1) is 0 Å². The average molecular weight is 416 g/mol. The lowest BCUT2D eigenvalue weighted by molar-refractivity contribution is -0.124. The standard InChI is InChI=1S/C29H53N/c1-20(2)9-8-10-21(3)25-15-16-26-24-14-12-22-11-13-23(30(6)7)19-29(22,5)27(24)17-18-28(25,26)4/h20-27H,8-19H2,1-7H3. The number of hydrogen-bond donors (Lipinski definition) is 0. The maximum absolute atomic E-state index is 2.75. The fourth-order valence-corrected chi connectivity index (χ4v) is 9.80. The van der Waals surface area contributed by atoms with E-state index in [1.807, 2.05) is 0 Å². The molecule has 0 aromatic heterocycles. The van der Waals surface area contributed by atoms with E-state index in [0.717, 1.165) is 47.5 Å². The summed E-state index contributed by atoms with van der Waals surface area (Å²) in [4.78, 5) is 2.54. The first-order valence-corrected chi connectivity index (χ1v) is 13.8. The zero-order chi connectivity index (χ0) is 21.7. The zero-order valence-electron chi connectivity index (χ0n) is 21.6. The Bertz CT molecular complexity index is 581. The highest BCUT2D eigenvalue weighted by Crippen LogP contribution is 2.68. The SMILES string of the molecule is CC(C)CCCC(C)C1CCC2C3CCC4CCC(N(C)C)CC4(C)C3CCC12C. The van der Waals surface area contributed by atoms with Crippen LogP contribution in [0, 0.1) is 52.3 Å². The van der Waals surface area contributed by atoms with Crippen LogP contribution in [0.1, 0.15) is 112 Å². The fourth-order valence-electron chi connectivity index (χ4n) is 9.80. The lowest BCUT2D eigenvalue weighted by atomic mass is 9.44. The van der Waals surface area contributed by atoms with Crippen molar-refractivity contribution in [3.63, 3.8) is 0 Å². The minimum absolute atomic E-state index is 0.623. The van der Waals surface area contributed by atoms with Gasteiger partial charge in [-0.05, 0) is 124 Å². The van der Waals surface area contributed by atoms with Crippen LogP contribution in [0.5, 0.6) is 0 Å². The molecule has 0 aliphatic heterocycles. The Kier molecular flexibility index (Phi) is 6.72. The zero-order valence-corrected chi connectivity index (χ0v) is 21.6. The van der Waals surface area contributed by atoms with Crippen molar-refractivity contribution in [3.05, 3.63) is 0 Å². The minimum Gasteiger partial charge on any atom is -0.306 e. The van der Waals surface area contributed by atoms with E-state index < -0.39 is 0 Å². The van der Waals surface area contributed by atoms with Gasteiger partial charge in [0, 0.05) is 6.04 Å². The molecule has 1 heteroatoms. The van der Waals surface area contributed by atoms with Crippen LogP contribution in [-0.4, -0.2) is 25.0 Å². The summed E-state index contributed by atoms with van der Waals surface area (Å²) in [5.74, 6) is 6.93. The predicted molar refractivity (Wildman–Crippen MR) is 131 cm³/mol. The number of rotatable bonds is 6. The molecule has 0 N–H and O–H groups in total. The Labute approximate surface area is 189 Å². The Hall–Kier alpha value is -0.0400. The first-order valence-electron chi connectivity index (χ1n) is 13.8. The maximum atomic E-state index is 2.75. The molecule has 0 spiro atoms. The van der Waals surface area contributed by atoms with E-state index in [9.17, 15) is 0 Å². The second-order valence-corrected chi connectivity index (χ2v) is 13.6. The molecule has 0 aromatic rings. The van der Waals surface area contributed by atoms with Crippen molar-refractivity contribution in [2.45, 2.75) is 118 Å². The molecular weight excluding hydrogens is 362 g/mol. The monoisotopic (exact) mass is 415 g/mol. The predicted octanol–water partition coefficient (Wildman–Crippen LogP) is 8.04. The summed E-state index contributed by atoms with van der Waals surface area (Å²) < 4.78 is 0. The highest BCUT2D eigenvalue weighted by molar-refractivity contribution is 5.10. The van der Waals surface area contributed by atoms with Gasteiger partial charge in [-0.3, -0.25) is 0 Å². The van der Waals surface area contributed by atoms with Gasteiger partial charge in [0.05, 0.1) is 0 Å². The van der Waals surface area contributed by atoms with E-state index in [1.165, 1.54) is 51.4 Å². The maximum Gasteiger partial charge on any atom is 0.00946 e. The second kappa shape index (κ2) is 8.72. The van der Waals surface area contributed by atoms with Crippen LogP contribution in [0.2, 0.25) is 0 Å². The molecule has 4 aliphatic carbocycles. The van der Waals surface area contributed by atoms with Crippen molar-refractivity contribution >= 4 is 0 Å². The van der Waals surface area contributed by atoms with Gasteiger partial charge in [0.25, 0.3) is 0 Å². The minimum atomic E-state index is 0.623. The van der Waals surface area contributed by atoms with Gasteiger partial charge >= 0.3 is 0 Å². The van der Waals surface area contributed by atoms with Crippen LogP contribution >= 0.6 is 0 Å². The van der Waals surface area contributed by atoms with E-state index in [-0.39, 0.29) is 0 Å². The number of fused-ring (bicyclic) bond motifs is 5. The molecule has 0 heterocycles. The molecule has 4 aliphatic rings. The lowest BCUT2D eigenvalue weighted by Gasteiger charge is -2.62. The van der Waals surface area contributed by atoms with Crippen LogP contribution in [0.3, 0.4) is 0 Å². The number of hydrogen-bond acceptors (Lipinski definition) is 1. The third-order valence-corrected chi connectivity index (χ3v) is 11.5. The van der Waals surface area contributed by atoms with Gasteiger partial charge in [-0.1, -0.05) is 53.9 Å². The fraction of sp³-hybridized carbons (Fsp3) is 1.00. The molecule has 0 bridgehead atoms. The summed E-state index contributed by atoms with van der Waals surface area (Å²) in [7, 11) is 4.66. The third kappa shape index (κ3) is 3.92. The normalized spacial score (nSPS) is 47.1. The van der Waals surface area contributed by atoms with E-state index in [1.54, 1.807) is 25.7 Å². The van der Waals surface area contributed by atoms with Crippen LogP contribution in [0.25, 0.3) is 0 Å². The lowest BCUT2D eigenvalue weighted by Crippen LogP contribution is -2.55. The molecule has 0 aromatic carbocycles. The molecule has 9 unspecified atom stereocenters. The quantitative estimate of drug-likeness (QED) is 0.424. The molecule has 0 amide bonds.